The minimum atomic E-state index is -0.378. The van der Waals surface area contributed by atoms with E-state index in [1.165, 1.54) is 9.13 Å². The van der Waals surface area contributed by atoms with Crippen LogP contribution < -0.4 is 11.2 Å². The van der Waals surface area contributed by atoms with Crippen molar-refractivity contribution in [1.29, 1.82) is 0 Å². The van der Waals surface area contributed by atoms with Gasteiger partial charge in [-0.3, -0.25) is 18.3 Å². The van der Waals surface area contributed by atoms with Crippen molar-refractivity contribution in [3.05, 3.63) is 32.7 Å². The fourth-order valence-electron chi connectivity index (χ4n) is 3.13. The quantitative estimate of drug-likeness (QED) is 0.700. The summed E-state index contributed by atoms with van der Waals surface area (Å²) in [6.45, 7) is 6.74. The predicted octanol–water partition coefficient (Wildman–Crippen LogP) is 1.08. The summed E-state index contributed by atoms with van der Waals surface area (Å²) in [6, 6.07) is 0.257. The number of aromatic nitrogens is 5. The molecule has 0 aliphatic carbocycles. The largest absolute Gasteiger partial charge is 0.383 e. The highest BCUT2D eigenvalue weighted by molar-refractivity contribution is 5.75. The fourth-order valence-corrected chi connectivity index (χ4v) is 3.13. The van der Waals surface area contributed by atoms with E-state index in [0.717, 1.165) is 12.1 Å². The second-order valence-electron chi connectivity index (χ2n) is 6.14. The van der Waals surface area contributed by atoms with Gasteiger partial charge in [0, 0.05) is 32.1 Å². The van der Waals surface area contributed by atoms with Crippen LogP contribution >= 0.6 is 0 Å². The molecule has 0 spiro atoms. The minimum Gasteiger partial charge on any atom is -0.383 e. The Balaban J connectivity index is 2.42. The van der Waals surface area contributed by atoms with Gasteiger partial charge in [0.25, 0.3) is 5.56 Å². The first-order valence-electron chi connectivity index (χ1n) is 8.10. The molecule has 0 N–H and O–H groups in total. The van der Waals surface area contributed by atoms with E-state index in [0.29, 0.717) is 23.5 Å². The first-order chi connectivity index (χ1) is 11.4. The first-order valence-corrected chi connectivity index (χ1v) is 8.10. The molecule has 3 aromatic heterocycles. The zero-order valence-corrected chi connectivity index (χ0v) is 14.7. The molecule has 1 atom stereocenters. The topological polar surface area (TPSA) is 75.5 Å². The molecule has 0 radical (unpaired) electrons. The lowest BCUT2D eigenvalue weighted by atomic mass is 10.2. The Morgan fingerprint density at radius 2 is 2.04 bits per heavy atom. The minimum absolute atomic E-state index is 0.218. The first kappa shape index (κ1) is 16.5. The summed E-state index contributed by atoms with van der Waals surface area (Å²) in [6.07, 6.45) is 2.86. The number of ether oxygens (including phenoxy) is 1. The van der Waals surface area contributed by atoms with E-state index in [1.54, 1.807) is 18.6 Å². The van der Waals surface area contributed by atoms with Gasteiger partial charge in [0.1, 0.15) is 0 Å². The molecule has 0 aromatic carbocycles. The Hall–Kier alpha value is -2.35. The van der Waals surface area contributed by atoms with Crippen LogP contribution in [0.1, 0.15) is 32.0 Å². The number of imidazole rings is 2. The third kappa shape index (κ3) is 2.21. The van der Waals surface area contributed by atoms with Crippen molar-refractivity contribution in [3.8, 4) is 0 Å². The van der Waals surface area contributed by atoms with Crippen LogP contribution in [0.4, 0.5) is 0 Å². The van der Waals surface area contributed by atoms with Crippen molar-refractivity contribution in [3.63, 3.8) is 0 Å². The lowest BCUT2D eigenvalue weighted by Gasteiger charge is -2.12. The van der Waals surface area contributed by atoms with Gasteiger partial charge in [-0.2, -0.15) is 4.98 Å². The lowest BCUT2D eigenvalue weighted by molar-refractivity contribution is 0.184. The molecule has 8 heteroatoms. The van der Waals surface area contributed by atoms with Crippen molar-refractivity contribution in [1.82, 2.24) is 23.1 Å². The maximum Gasteiger partial charge on any atom is 0.332 e. The molecular formula is C16H23N5O3. The van der Waals surface area contributed by atoms with Crippen LogP contribution in [0.15, 0.2) is 15.8 Å². The average molecular weight is 333 g/mol. The normalized spacial score (nSPS) is 13.2. The lowest BCUT2D eigenvalue weighted by Crippen LogP contribution is -2.40. The average Bonchev–Trinajstić information content (AvgIpc) is 3.06. The van der Waals surface area contributed by atoms with Crippen LogP contribution in [-0.4, -0.2) is 36.8 Å². The Morgan fingerprint density at radius 3 is 2.67 bits per heavy atom. The van der Waals surface area contributed by atoms with Crippen LogP contribution in [0.25, 0.3) is 16.9 Å². The van der Waals surface area contributed by atoms with Gasteiger partial charge in [0.15, 0.2) is 11.2 Å². The summed E-state index contributed by atoms with van der Waals surface area (Å²) < 4.78 is 11.5. The van der Waals surface area contributed by atoms with Crippen LogP contribution in [0, 0.1) is 6.92 Å². The summed E-state index contributed by atoms with van der Waals surface area (Å²) in [5, 5.41) is 0. The Morgan fingerprint density at radius 1 is 1.33 bits per heavy atom. The fraction of sp³-hybridized carbons (Fsp3) is 0.562. The van der Waals surface area contributed by atoms with Crippen molar-refractivity contribution in [2.24, 2.45) is 7.05 Å². The van der Waals surface area contributed by atoms with E-state index in [9.17, 15) is 9.59 Å². The molecule has 8 nitrogen and oxygen atoms in total. The van der Waals surface area contributed by atoms with Crippen molar-refractivity contribution in [2.75, 3.05) is 13.7 Å². The summed E-state index contributed by atoms with van der Waals surface area (Å²) in [5.74, 6) is 0.688. The van der Waals surface area contributed by atoms with Gasteiger partial charge >= 0.3 is 5.69 Å². The number of rotatable bonds is 5. The molecule has 0 bridgehead atoms. The molecular weight excluding hydrogens is 310 g/mol. The van der Waals surface area contributed by atoms with Gasteiger partial charge in [0.2, 0.25) is 5.78 Å². The number of hydrogen-bond donors (Lipinski definition) is 0. The number of methoxy groups -OCH3 is 1. The number of hydrogen-bond acceptors (Lipinski definition) is 4. The molecule has 0 saturated carbocycles. The van der Waals surface area contributed by atoms with Crippen molar-refractivity contribution >= 4 is 16.9 Å². The summed E-state index contributed by atoms with van der Waals surface area (Å²) >= 11 is 0. The maximum atomic E-state index is 12.9. The Bertz CT molecular complexity index is 1020. The van der Waals surface area contributed by atoms with E-state index in [2.05, 4.69) is 23.4 Å². The molecule has 3 rings (SSSR count). The smallest absolute Gasteiger partial charge is 0.332 e. The van der Waals surface area contributed by atoms with Crippen LogP contribution in [0.3, 0.4) is 0 Å². The standard InChI is InChI=1S/C16H23N5O3/c1-6-10(2)21-11(3)9-20-12-13(17-15(20)21)18(4)16(23)19(14(12)22)7-8-24-5/h9-10H,6-8H2,1-5H3/t10-/m0/s1. The Labute approximate surface area is 138 Å². The second kappa shape index (κ2) is 5.94. The molecule has 0 amide bonds. The molecule has 0 saturated heterocycles. The molecule has 0 fully saturated rings. The van der Waals surface area contributed by atoms with E-state index < -0.39 is 0 Å². The molecule has 24 heavy (non-hydrogen) atoms. The van der Waals surface area contributed by atoms with Gasteiger partial charge in [-0.05, 0) is 20.3 Å². The van der Waals surface area contributed by atoms with Gasteiger partial charge in [-0.25, -0.2) is 4.79 Å². The van der Waals surface area contributed by atoms with E-state index in [4.69, 9.17) is 4.74 Å². The van der Waals surface area contributed by atoms with E-state index in [-0.39, 0.29) is 23.8 Å². The monoisotopic (exact) mass is 333 g/mol. The maximum absolute atomic E-state index is 12.9. The molecule has 3 heterocycles. The van der Waals surface area contributed by atoms with E-state index >= 15 is 0 Å². The highest BCUT2D eigenvalue weighted by Gasteiger charge is 2.21. The summed E-state index contributed by atoms with van der Waals surface area (Å²) in [7, 11) is 3.18. The van der Waals surface area contributed by atoms with Crippen molar-refractivity contribution < 1.29 is 4.74 Å². The number of nitrogens with zero attached hydrogens (tertiary/aromatic N) is 5. The zero-order chi connectivity index (χ0) is 17.6. The van der Waals surface area contributed by atoms with Gasteiger partial charge < -0.3 is 9.30 Å². The molecule has 3 aromatic rings. The van der Waals surface area contributed by atoms with Crippen molar-refractivity contribution in [2.45, 2.75) is 39.8 Å². The van der Waals surface area contributed by atoms with Crippen LogP contribution in [-0.2, 0) is 18.3 Å². The van der Waals surface area contributed by atoms with Crippen LogP contribution in [0.5, 0.6) is 0 Å². The third-order valence-electron chi connectivity index (χ3n) is 4.62. The Kier molecular flexibility index (Phi) is 4.08. The SMILES string of the molecule is CC[C@H](C)n1c(C)cn2c3c(=O)n(CCOC)c(=O)n(C)c3nc12. The van der Waals surface area contributed by atoms with E-state index in [1.807, 2.05) is 13.1 Å². The summed E-state index contributed by atoms with van der Waals surface area (Å²) in [4.78, 5) is 29.9. The molecule has 0 aliphatic rings. The molecule has 130 valence electrons. The summed E-state index contributed by atoms with van der Waals surface area (Å²) in [5.41, 5.74) is 1.15. The predicted molar refractivity (Wildman–Crippen MR) is 91.8 cm³/mol. The van der Waals surface area contributed by atoms with Crippen LogP contribution in [0.2, 0.25) is 0 Å². The second-order valence-corrected chi connectivity index (χ2v) is 6.14. The van der Waals surface area contributed by atoms with Gasteiger partial charge in [-0.1, -0.05) is 6.92 Å². The van der Waals surface area contributed by atoms with Gasteiger partial charge in [-0.15, -0.1) is 0 Å². The molecule has 0 aliphatic heterocycles. The molecule has 0 unspecified atom stereocenters. The number of aryl methyl sites for hydroxylation is 2. The third-order valence-corrected chi connectivity index (χ3v) is 4.62. The number of fused-ring (bicyclic) bond motifs is 3. The van der Waals surface area contributed by atoms with Gasteiger partial charge in [0.05, 0.1) is 13.2 Å². The highest BCUT2D eigenvalue weighted by atomic mass is 16.5. The highest BCUT2D eigenvalue weighted by Crippen LogP contribution is 2.21. The zero-order valence-electron chi connectivity index (χ0n) is 14.7.